The Labute approximate surface area is 141 Å². The van der Waals surface area contributed by atoms with Crippen molar-refractivity contribution in [1.82, 2.24) is 5.32 Å². The van der Waals surface area contributed by atoms with Crippen LogP contribution in [0.15, 0.2) is 54.6 Å². The molecule has 1 amide bonds. The van der Waals surface area contributed by atoms with Crippen molar-refractivity contribution in [3.05, 3.63) is 60.4 Å². The molecule has 3 rings (SSSR count). The number of carbonyl (C=O) groups excluding carboxylic acids is 1. The van der Waals surface area contributed by atoms with Crippen LogP contribution < -0.4 is 15.0 Å². The number of benzene rings is 2. The Balaban J connectivity index is 1.46. The van der Waals surface area contributed by atoms with E-state index in [1.165, 1.54) is 30.0 Å². The van der Waals surface area contributed by atoms with Crippen molar-refractivity contribution in [2.24, 2.45) is 0 Å². The molecule has 24 heavy (non-hydrogen) atoms. The minimum atomic E-state index is -0.325. The van der Waals surface area contributed by atoms with E-state index in [2.05, 4.69) is 22.3 Å². The molecule has 0 aliphatic carbocycles. The first-order valence-electron chi connectivity index (χ1n) is 8.19. The molecule has 1 aliphatic heterocycles. The maximum absolute atomic E-state index is 12.8. The minimum absolute atomic E-state index is 0.0658. The van der Waals surface area contributed by atoms with Gasteiger partial charge in [-0.3, -0.25) is 4.79 Å². The molecule has 0 aromatic heterocycles. The Hall–Kier alpha value is -2.56. The average Bonchev–Trinajstić information content (AvgIpc) is 3.09. The first-order valence-corrected chi connectivity index (χ1v) is 8.19. The average molecular weight is 328 g/mol. The van der Waals surface area contributed by atoms with Crippen LogP contribution in [0.2, 0.25) is 0 Å². The van der Waals surface area contributed by atoms with Gasteiger partial charge in [-0.25, -0.2) is 4.39 Å². The van der Waals surface area contributed by atoms with Crippen molar-refractivity contribution in [3.8, 4) is 5.75 Å². The quantitative estimate of drug-likeness (QED) is 0.886. The zero-order valence-electron chi connectivity index (χ0n) is 13.5. The molecule has 126 valence electrons. The van der Waals surface area contributed by atoms with E-state index in [9.17, 15) is 9.18 Å². The van der Waals surface area contributed by atoms with E-state index in [0.717, 1.165) is 19.4 Å². The van der Waals surface area contributed by atoms with Crippen LogP contribution in [-0.2, 0) is 4.79 Å². The Bertz CT molecular complexity index is 661. The van der Waals surface area contributed by atoms with Crippen LogP contribution in [0.25, 0.3) is 0 Å². The number of para-hydroxylation sites is 1. The van der Waals surface area contributed by atoms with E-state index in [1.807, 2.05) is 18.2 Å². The van der Waals surface area contributed by atoms with E-state index in [-0.39, 0.29) is 18.3 Å². The molecule has 0 spiro atoms. The fourth-order valence-electron chi connectivity index (χ4n) is 2.97. The molecular formula is C19H21FN2O2. The third-order valence-electron chi connectivity index (χ3n) is 4.18. The summed E-state index contributed by atoms with van der Waals surface area (Å²) < 4.78 is 18.2. The molecule has 1 fully saturated rings. The van der Waals surface area contributed by atoms with Crippen molar-refractivity contribution < 1.29 is 13.9 Å². The standard InChI is InChI=1S/C19H21FN2O2/c20-15-8-10-18(11-9-15)24-14-19(23)21-13-17-7-4-12-22(17)16-5-2-1-3-6-16/h1-3,5-6,8-11,17H,4,7,12-14H2,(H,21,23). The smallest absolute Gasteiger partial charge is 0.258 e. The molecule has 5 heteroatoms. The van der Waals surface area contributed by atoms with Crippen LogP contribution in [0, 0.1) is 5.82 Å². The number of hydrogen-bond donors (Lipinski definition) is 1. The predicted octanol–water partition coefficient (Wildman–Crippen LogP) is 2.99. The molecule has 1 aliphatic rings. The van der Waals surface area contributed by atoms with Crippen LogP contribution in [0.1, 0.15) is 12.8 Å². The van der Waals surface area contributed by atoms with Gasteiger partial charge in [-0.1, -0.05) is 18.2 Å². The molecule has 4 nitrogen and oxygen atoms in total. The fourth-order valence-corrected chi connectivity index (χ4v) is 2.97. The third-order valence-corrected chi connectivity index (χ3v) is 4.18. The maximum atomic E-state index is 12.8. The maximum Gasteiger partial charge on any atom is 0.258 e. The highest BCUT2D eigenvalue weighted by atomic mass is 19.1. The highest BCUT2D eigenvalue weighted by Crippen LogP contribution is 2.24. The molecule has 0 radical (unpaired) electrons. The Morgan fingerprint density at radius 3 is 2.67 bits per heavy atom. The lowest BCUT2D eigenvalue weighted by atomic mass is 10.2. The molecule has 1 atom stereocenters. The van der Waals surface area contributed by atoms with Gasteiger partial charge in [0.15, 0.2) is 6.61 Å². The Kier molecular flexibility index (Phi) is 5.31. The predicted molar refractivity (Wildman–Crippen MR) is 91.7 cm³/mol. The van der Waals surface area contributed by atoms with Crippen LogP contribution in [0.4, 0.5) is 10.1 Å². The summed E-state index contributed by atoms with van der Waals surface area (Å²) in [5.74, 6) is -0.00777. The van der Waals surface area contributed by atoms with E-state index >= 15 is 0 Å². The van der Waals surface area contributed by atoms with Gasteiger partial charge in [0.1, 0.15) is 11.6 Å². The van der Waals surface area contributed by atoms with Gasteiger partial charge < -0.3 is 15.0 Å². The number of nitrogens with one attached hydrogen (secondary N) is 1. The van der Waals surface area contributed by atoms with Gasteiger partial charge in [-0.2, -0.15) is 0 Å². The molecule has 1 N–H and O–H groups in total. The number of amides is 1. The Morgan fingerprint density at radius 2 is 1.92 bits per heavy atom. The molecule has 2 aromatic carbocycles. The lowest BCUT2D eigenvalue weighted by molar-refractivity contribution is -0.123. The van der Waals surface area contributed by atoms with Crippen LogP contribution in [0.3, 0.4) is 0 Å². The highest BCUT2D eigenvalue weighted by molar-refractivity contribution is 5.77. The molecule has 1 saturated heterocycles. The summed E-state index contributed by atoms with van der Waals surface area (Å²) in [6, 6.07) is 16.2. The second-order valence-electron chi connectivity index (χ2n) is 5.87. The summed E-state index contributed by atoms with van der Waals surface area (Å²) in [5.41, 5.74) is 1.19. The SMILES string of the molecule is O=C(COc1ccc(F)cc1)NCC1CCCN1c1ccccc1. The number of ether oxygens (including phenoxy) is 1. The van der Waals surface area contributed by atoms with Crippen molar-refractivity contribution in [2.45, 2.75) is 18.9 Å². The summed E-state index contributed by atoms with van der Waals surface area (Å²) in [7, 11) is 0. The number of hydrogen-bond acceptors (Lipinski definition) is 3. The molecule has 0 bridgehead atoms. The second-order valence-corrected chi connectivity index (χ2v) is 5.87. The summed E-state index contributed by atoms with van der Waals surface area (Å²) in [4.78, 5) is 14.3. The van der Waals surface area contributed by atoms with Gasteiger partial charge in [0, 0.05) is 24.8 Å². The van der Waals surface area contributed by atoms with E-state index in [4.69, 9.17) is 4.74 Å². The summed E-state index contributed by atoms with van der Waals surface area (Å²) in [5, 5.41) is 2.93. The topological polar surface area (TPSA) is 41.6 Å². The molecule has 0 saturated carbocycles. The molecule has 1 unspecified atom stereocenters. The van der Waals surface area contributed by atoms with Crippen molar-refractivity contribution in [3.63, 3.8) is 0 Å². The van der Waals surface area contributed by atoms with Gasteiger partial charge in [-0.05, 0) is 49.2 Å². The molecule has 1 heterocycles. The van der Waals surface area contributed by atoms with E-state index in [0.29, 0.717) is 18.3 Å². The van der Waals surface area contributed by atoms with Gasteiger partial charge in [-0.15, -0.1) is 0 Å². The molecular weight excluding hydrogens is 307 g/mol. The van der Waals surface area contributed by atoms with E-state index < -0.39 is 0 Å². The number of nitrogens with zero attached hydrogens (tertiary/aromatic N) is 1. The fraction of sp³-hybridized carbons (Fsp3) is 0.316. The largest absolute Gasteiger partial charge is 0.484 e. The highest BCUT2D eigenvalue weighted by Gasteiger charge is 2.24. The summed E-state index contributed by atoms with van der Waals surface area (Å²) in [6.45, 7) is 1.54. The number of rotatable bonds is 6. The summed E-state index contributed by atoms with van der Waals surface area (Å²) >= 11 is 0. The Morgan fingerprint density at radius 1 is 1.17 bits per heavy atom. The van der Waals surface area contributed by atoms with Crippen molar-refractivity contribution in [1.29, 1.82) is 0 Å². The van der Waals surface area contributed by atoms with Crippen LogP contribution in [0.5, 0.6) is 5.75 Å². The van der Waals surface area contributed by atoms with Crippen molar-refractivity contribution >= 4 is 11.6 Å². The second kappa shape index (κ2) is 7.81. The number of halogens is 1. The first kappa shape index (κ1) is 16.3. The van der Waals surface area contributed by atoms with Gasteiger partial charge in [0.2, 0.25) is 0 Å². The monoisotopic (exact) mass is 328 g/mol. The van der Waals surface area contributed by atoms with Crippen LogP contribution >= 0.6 is 0 Å². The number of carbonyl (C=O) groups is 1. The lowest BCUT2D eigenvalue weighted by Gasteiger charge is -2.27. The third kappa shape index (κ3) is 4.25. The van der Waals surface area contributed by atoms with Gasteiger partial charge >= 0.3 is 0 Å². The number of anilines is 1. The first-order chi connectivity index (χ1) is 11.7. The lowest BCUT2D eigenvalue weighted by Crippen LogP contribution is -2.41. The minimum Gasteiger partial charge on any atom is -0.484 e. The van der Waals surface area contributed by atoms with Gasteiger partial charge in [0.05, 0.1) is 0 Å². The van der Waals surface area contributed by atoms with Gasteiger partial charge in [0.25, 0.3) is 5.91 Å². The zero-order chi connectivity index (χ0) is 16.8. The van der Waals surface area contributed by atoms with Crippen LogP contribution in [-0.4, -0.2) is 31.6 Å². The zero-order valence-corrected chi connectivity index (χ0v) is 13.5. The van der Waals surface area contributed by atoms with E-state index in [1.54, 1.807) is 0 Å². The summed E-state index contributed by atoms with van der Waals surface area (Å²) in [6.07, 6.45) is 2.19. The normalized spacial score (nSPS) is 16.9. The molecule has 2 aromatic rings. The van der Waals surface area contributed by atoms with Crippen molar-refractivity contribution in [2.75, 3.05) is 24.6 Å².